The monoisotopic (exact) mass is 253 g/mol. The molecule has 2 N–H and O–H groups in total. The minimum atomic E-state index is -0.321. The number of aliphatic hydroxyl groups excluding tert-OH is 1. The number of rotatable bonds is 6. The lowest BCUT2D eigenvalue weighted by atomic mass is 9.87. The lowest BCUT2D eigenvalue weighted by molar-refractivity contribution is -0.121. The van der Waals surface area contributed by atoms with Crippen LogP contribution in [0, 0.1) is 5.41 Å². The molecule has 1 aliphatic rings. The van der Waals surface area contributed by atoms with Crippen molar-refractivity contribution in [1.82, 2.24) is 5.32 Å². The summed E-state index contributed by atoms with van der Waals surface area (Å²) in [5.74, 6) is 0.113. The zero-order valence-corrected chi connectivity index (χ0v) is 12.0. The molecule has 1 amide bonds. The Morgan fingerprint density at radius 1 is 1.50 bits per heavy atom. The van der Waals surface area contributed by atoms with Gasteiger partial charge in [0.15, 0.2) is 0 Å². The fourth-order valence-corrected chi connectivity index (χ4v) is 2.54. The summed E-state index contributed by atoms with van der Waals surface area (Å²) in [7, 11) is 0. The molecule has 104 valence electrons. The third-order valence-electron chi connectivity index (χ3n) is 3.38. The van der Waals surface area contributed by atoms with Crippen LogP contribution in [0.5, 0.6) is 0 Å². The topological polar surface area (TPSA) is 49.3 Å². The number of carbonyl (C=O) groups is 1. The Morgan fingerprint density at radius 3 is 2.78 bits per heavy atom. The third-order valence-corrected chi connectivity index (χ3v) is 3.38. The summed E-state index contributed by atoms with van der Waals surface area (Å²) in [6, 6.07) is 0. The van der Waals surface area contributed by atoms with Crippen molar-refractivity contribution in [2.24, 2.45) is 5.41 Å². The second-order valence-electron chi connectivity index (χ2n) is 6.28. The van der Waals surface area contributed by atoms with Gasteiger partial charge in [-0.1, -0.05) is 25.5 Å². The summed E-state index contributed by atoms with van der Waals surface area (Å²) < 4.78 is 0. The molecular weight excluding hydrogens is 226 g/mol. The molecule has 1 aliphatic carbocycles. The molecule has 1 unspecified atom stereocenters. The van der Waals surface area contributed by atoms with E-state index in [0.29, 0.717) is 19.4 Å². The maximum absolute atomic E-state index is 11.8. The van der Waals surface area contributed by atoms with Gasteiger partial charge in [-0.25, -0.2) is 0 Å². The Hall–Kier alpha value is -0.830. The van der Waals surface area contributed by atoms with Crippen molar-refractivity contribution >= 4 is 5.91 Å². The van der Waals surface area contributed by atoms with Crippen molar-refractivity contribution in [3.8, 4) is 0 Å². The smallest absolute Gasteiger partial charge is 0.224 e. The molecule has 0 heterocycles. The van der Waals surface area contributed by atoms with Crippen LogP contribution in [-0.4, -0.2) is 23.7 Å². The van der Waals surface area contributed by atoms with E-state index in [1.807, 2.05) is 0 Å². The van der Waals surface area contributed by atoms with Crippen LogP contribution in [0.1, 0.15) is 59.3 Å². The van der Waals surface area contributed by atoms with Crippen molar-refractivity contribution < 1.29 is 9.90 Å². The van der Waals surface area contributed by atoms with E-state index in [-0.39, 0.29) is 17.4 Å². The van der Waals surface area contributed by atoms with E-state index in [0.717, 1.165) is 12.8 Å². The number of hydrogen-bond acceptors (Lipinski definition) is 2. The first kappa shape index (κ1) is 15.2. The van der Waals surface area contributed by atoms with E-state index in [4.69, 9.17) is 0 Å². The first-order valence-corrected chi connectivity index (χ1v) is 7.02. The number of carbonyl (C=O) groups excluding carboxylic acids is 1. The fraction of sp³-hybridized carbons (Fsp3) is 0.800. The number of amides is 1. The number of allylic oxidation sites excluding steroid dienone is 1. The molecule has 0 bridgehead atoms. The van der Waals surface area contributed by atoms with Crippen molar-refractivity contribution in [3.05, 3.63) is 11.6 Å². The van der Waals surface area contributed by atoms with Gasteiger partial charge in [-0.05, 0) is 44.4 Å². The van der Waals surface area contributed by atoms with Crippen LogP contribution in [0.4, 0.5) is 0 Å². The van der Waals surface area contributed by atoms with Crippen LogP contribution in [0.15, 0.2) is 11.6 Å². The molecule has 3 nitrogen and oxygen atoms in total. The number of hydrogen-bond donors (Lipinski definition) is 2. The Bertz CT molecular complexity index is 306. The van der Waals surface area contributed by atoms with Gasteiger partial charge in [-0.3, -0.25) is 4.79 Å². The first-order valence-electron chi connectivity index (χ1n) is 7.02. The maximum atomic E-state index is 11.8. The zero-order valence-electron chi connectivity index (χ0n) is 12.0. The summed E-state index contributed by atoms with van der Waals surface area (Å²) >= 11 is 0. The van der Waals surface area contributed by atoms with Gasteiger partial charge in [0.05, 0.1) is 6.10 Å². The predicted octanol–water partition coefficient (Wildman–Crippen LogP) is 2.79. The van der Waals surface area contributed by atoms with E-state index in [1.165, 1.54) is 18.4 Å². The normalized spacial score (nSPS) is 18.1. The van der Waals surface area contributed by atoms with Crippen LogP contribution in [0.3, 0.4) is 0 Å². The van der Waals surface area contributed by atoms with Crippen molar-refractivity contribution in [1.29, 1.82) is 0 Å². The van der Waals surface area contributed by atoms with Crippen molar-refractivity contribution in [3.63, 3.8) is 0 Å². The molecule has 0 aromatic heterocycles. The molecule has 0 fully saturated rings. The maximum Gasteiger partial charge on any atom is 0.224 e. The van der Waals surface area contributed by atoms with Gasteiger partial charge in [0.1, 0.15) is 0 Å². The lowest BCUT2D eigenvalue weighted by Crippen LogP contribution is -2.35. The molecule has 1 rings (SSSR count). The summed E-state index contributed by atoms with van der Waals surface area (Å²) in [6.45, 7) is 6.56. The standard InChI is InChI=1S/C15H27NO2/c1-12(17)10-15(2,3)11-16-14(18)9-13-7-5-4-6-8-13/h7,12,17H,4-6,8-11H2,1-3H3,(H,16,18). The van der Waals surface area contributed by atoms with Gasteiger partial charge < -0.3 is 10.4 Å². The van der Waals surface area contributed by atoms with Crippen LogP contribution in [-0.2, 0) is 4.79 Å². The molecule has 3 heteroatoms. The quantitative estimate of drug-likeness (QED) is 0.715. The van der Waals surface area contributed by atoms with Gasteiger partial charge in [0.2, 0.25) is 5.91 Å². The highest BCUT2D eigenvalue weighted by Crippen LogP contribution is 2.22. The number of aliphatic hydroxyl groups is 1. The minimum Gasteiger partial charge on any atom is -0.393 e. The minimum absolute atomic E-state index is 0.0508. The summed E-state index contributed by atoms with van der Waals surface area (Å²) in [6.07, 6.45) is 7.81. The third kappa shape index (κ3) is 6.20. The van der Waals surface area contributed by atoms with Gasteiger partial charge in [-0.2, -0.15) is 0 Å². The molecular formula is C15H27NO2. The second kappa shape index (κ2) is 6.93. The molecule has 0 spiro atoms. The van der Waals surface area contributed by atoms with E-state index in [2.05, 4.69) is 25.2 Å². The molecule has 0 saturated carbocycles. The second-order valence-corrected chi connectivity index (χ2v) is 6.28. The van der Waals surface area contributed by atoms with Gasteiger partial charge in [-0.15, -0.1) is 0 Å². The molecule has 0 aromatic rings. The van der Waals surface area contributed by atoms with E-state index >= 15 is 0 Å². The molecule has 0 radical (unpaired) electrons. The van der Waals surface area contributed by atoms with Crippen LogP contribution in [0.25, 0.3) is 0 Å². The molecule has 0 aromatic carbocycles. The summed E-state index contributed by atoms with van der Waals surface area (Å²) in [5.41, 5.74) is 1.23. The predicted molar refractivity (Wildman–Crippen MR) is 74.3 cm³/mol. The lowest BCUT2D eigenvalue weighted by Gasteiger charge is -2.26. The summed E-state index contributed by atoms with van der Waals surface area (Å²) in [4.78, 5) is 11.8. The van der Waals surface area contributed by atoms with Crippen LogP contribution in [0.2, 0.25) is 0 Å². The van der Waals surface area contributed by atoms with E-state index in [1.54, 1.807) is 6.92 Å². The molecule has 1 atom stereocenters. The van der Waals surface area contributed by atoms with Gasteiger partial charge >= 0.3 is 0 Å². The Morgan fingerprint density at radius 2 is 2.22 bits per heavy atom. The highest BCUT2D eigenvalue weighted by molar-refractivity contribution is 5.78. The average Bonchev–Trinajstić information content (AvgIpc) is 2.26. The molecule has 0 aliphatic heterocycles. The van der Waals surface area contributed by atoms with Crippen LogP contribution >= 0.6 is 0 Å². The van der Waals surface area contributed by atoms with Crippen molar-refractivity contribution in [2.75, 3.05) is 6.54 Å². The highest BCUT2D eigenvalue weighted by atomic mass is 16.3. The SMILES string of the molecule is CC(O)CC(C)(C)CNC(=O)CC1=CCCCC1. The zero-order chi connectivity index (χ0) is 13.6. The van der Waals surface area contributed by atoms with Gasteiger partial charge in [0.25, 0.3) is 0 Å². The number of nitrogens with one attached hydrogen (secondary N) is 1. The van der Waals surface area contributed by atoms with E-state index in [9.17, 15) is 9.90 Å². The largest absolute Gasteiger partial charge is 0.393 e. The Labute approximate surface area is 111 Å². The average molecular weight is 253 g/mol. The Kier molecular flexibility index (Phi) is 5.86. The first-order chi connectivity index (χ1) is 8.39. The van der Waals surface area contributed by atoms with Gasteiger partial charge in [0, 0.05) is 13.0 Å². The van der Waals surface area contributed by atoms with Crippen LogP contribution < -0.4 is 5.32 Å². The fourth-order valence-electron chi connectivity index (χ4n) is 2.54. The summed E-state index contributed by atoms with van der Waals surface area (Å²) in [5, 5.41) is 12.4. The molecule has 18 heavy (non-hydrogen) atoms. The molecule has 0 saturated heterocycles. The van der Waals surface area contributed by atoms with Crippen molar-refractivity contribution in [2.45, 2.75) is 65.4 Å². The van der Waals surface area contributed by atoms with E-state index < -0.39 is 0 Å². The Balaban J connectivity index is 2.30. The highest BCUT2D eigenvalue weighted by Gasteiger charge is 2.21.